The molecule has 0 aliphatic carbocycles. The number of halogens is 3. The Morgan fingerprint density at radius 1 is 1.04 bits per heavy atom. The van der Waals surface area contributed by atoms with Crippen molar-refractivity contribution in [3.63, 3.8) is 0 Å². The van der Waals surface area contributed by atoms with Crippen LogP contribution in [-0.4, -0.2) is 29.3 Å². The fraction of sp³-hybridized carbons (Fsp3) is 0.333. The Balaban J connectivity index is 2.33. The molecule has 2 amide bonds. The van der Waals surface area contributed by atoms with E-state index in [1.807, 2.05) is 19.9 Å². The molecular weight excluding hydrogens is 419 g/mol. The van der Waals surface area contributed by atoms with E-state index in [4.69, 9.17) is 34.8 Å². The molecule has 4 nitrogen and oxygen atoms in total. The number of carbonyl (C=O) groups excluding carboxylic acids is 2. The van der Waals surface area contributed by atoms with Gasteiger partial charge in [0, 0.05) is 28.2 Å². The smallest absolute Gasteiger partial charge is 0.242 e. The maximum atomic E-state index is 13.1. The maximum absolute atomic E-state index is 13.1. The largest absolute Gasteiger partial charge is 0.355 e. The molecule has 0 saturated heterocycles. The third kappa shape index (κ3) is 6.13. The number of likely N-dealkylation sites (N-methyl/N-ethyl adjacent to an activating group) is 1. The summed E-state index contributed by atoms with van der Waals surface area (Å²) in [5, 5.41) is 4.34. The molecule has 2 aromatic rings. The molecule has 0 aliphatic heterocycles. The minimum atomic E-state index is -0.599. The molecule has 0 bridgehead atoms. The molecule has 28 heavy (non-hydrogen) atoms. The third-order valence-electron chi connectivity index (χ3n) is 4.34. The van der Waals surface area contributed by atoms with Crippen molar-refractivity contribution in [1.29, 1.82) is 0 Å². The van der Waals surface area contributed by atoms with E-state index in [1.54, 1.807) is 41.3 Å². The van der Waals surface area contributed by atoms with E-state index in [1.165, 1.54) is 0 Å². The van der Waals surface area contributed by atoms with E-state index >= 15 is 0 Å². The van der Waals surface area contributed by atoms with Crippen molar-refractivity contribution >= 4 is 46.6 Å². The number of hydrogen-bond acceptors (Lipinski definition) is 2. The zero-order chi connectivity index (χ0) is 20.7. The van der Waals surface area contributed by atoms with Crippen molar-refractivity contribution in [3.05, 3.63) is 68.7 Å². The Morgan fingerprint density at radius 3 is 2.36 bits per heavy atom. The Labute approximate surface area is 180 Å². The summed E-state index contributed by atoms with van der Waals surface area (Å²) in [7, 11) is 0. The lowest BCUT2D eigenvalue weighted by Crippen LogP contribution is -2.49. The molecular formula is C21H23Cl3N2O2. The molecule has 0 saturated carbocycles. The summed E-state index contributed by atoms with van der Waals surface area (Å²) in [5.41, 5.74) is 1.52. The van der Waals surface area contributed by atoms with E-state index in [0.717, 1.165) is 11.1 Å². The molecule has 1 N–H and O–H groups in total. The zero-order valence-electron chi connectivity index (χ0n) is 15.8. The van der Waals surface area contributed by atoms with Gasteiger partial charge in [-0.15, -0.1) is 0 Å². The van der Waals surface area contributed by atoms with Crippen LogP contribution >= 0.6 is 34.8 Å². The van der Waals surface area contributed by atoms with Crippen LogP contribution in [0.2, 0.25) is 15.1 Å². The molecule has 2 aromatic carbocycles. The molecule has 150 valence electrons. The fourth-order valence-electron chi connectivity index (χ4n) is 2.97. The first-order valence-corrected chi connectivity index (χ1v) is 10.2. The van der Waals surface area contributed by atoms with Crippen LogP contribution in [0.1, 0.15) is 31.4 Å². The molecule has 1 atom stereocenters. The van der Waals surface area contributed by atoms with Gasteiger partial charge in [-0.1, -0.05) is 59.9 Å². The van der Waals surface area contributed by atoms with Gasteiger partial charge in [0.2, 0.25) is 11.8 Å². The van der Waals surface area contributed by atoms with Crippen LogP contribution in [-0.2, 0) is 22.6 Å². The number of hydrogen-bond donors (Lipinski definition) is 1. The van der Waals surface area contributed by atoms with Crippen molar-refractivity contribution in [2.75, 3.05) is 6.54 Å². The van der Waals surface area contributed by atoms with Gasteiger partial charge < -0.3 is 10.2 Å². The highest BCUT2D eigenvalue weighted by molar-refractivity contribution is 6.35. The van der Waals surface area contributed by atoms with Gasteiger partial charge in [0.15, 0.2) is 0 Å². The average Bonchev–Trinajstić information content (AvgIpc) is 2.63. The topological polar surface area (TPSA) is 49.4 Å². The summed E-state index contributed by atoms with van der Waals surface area (Å²) in [6, 6.07) is 11.7. The van der Waals surface area contributed by atoms with E-state index in [9.17, 15) is 9.59 Å². The van der Waals surface area contributed by atoms with Crippen LogP contribution in [0, 0.1) is 0 Å². The van der Waals surface area contributed by atoms with Crippen molar-refractivity contribution in [2.24, 2.45) is 0 Å². The van der Waals surface area contributed by atoms with Gasteiger partial charge in [-0.2, -0.15) is 0 Å². The summed E-state index contributed by atoms with van der Waals surface area (Å²) >= 11 is 18.3. The summed E-state index contributed by atoms with van der Waals surface area (Å²) in [6.45, 7) is 4.43. The van der Waals surface area contributed by atoms with Crippen LogP contribution in [0.15, 0.2) is 42.5 Å². The van der Waals surface area contributed by atoms with Crippen LogP contribution in [0.3, 0.4) is 0 Å². The highest BCUT2D eigenvalue weighted by Crippen LogP contribution is 2.24. The number of carbonyl (C=O) groups is 2. The standard InChI is InChI=1S/C21H23Cl3N2O2/c1-3-19(21(28)25-4-2)26(13-15-8-9-17(23)12-18(15)24)20(27)11-14-6-5-7-16(22)10-14/h5-10,12,19H,3-4,11,13H2,1-2H3,(H,25,28)/t19-/m1/s1. The van der Waals surface area contributed by atoms with Gasteiger partial charge in [-0.3, -0.25) is 9.59 Å². The van der Waals surface area contributed by atoms with Crippen molar-refractivity contribution in [2.45, 2.75) is 39.3 Å². The van der Waals surface area contributed by atoms with E-state index < -0.39 is 6.04 Å². The monoisotopic (exact) mass is 440 g/mol. The number of benzene rings is 2. The Morgan fingerprint density at radius 2 is 1.75 bits per heavy atom. The first-order chi connectivity index (χ1) is 13.3. The first kappa shape index (κ1) is 22.5. The second-order valence-electron chi connectivity index (χ2n) is 6.38. The fourth-order valence-corrected chi connectivity index (χ4v) is 3.65. The number of rotatable bonds is 8. The van der Waals surface area contributed by atoms with Crippen LogP contribution in [0.25, 0.3) is 0 Å². The third-order valence-corrected chi connectivity index (χ3v) is 5.16. The Hall–Kier alpha value is -1.75. The normalized spacial score (nSPS) is 11.8. The maximum Gasteiger partial charge on any atom is 0.242 e. The summed E-state index contributed by atoms with van der Waals surface area (Å²) in [4.78, 5) is 27.3. The van der Waals surface area contributed by atoms with Crippen molar-refractivity contribution < 1.29 is 9.59 Å². The summed E-state index contributed by atoms with van der Waals surface area (Å²) < 4.78 is 0. The molecule has 0 radical (unpaired) electrons. The number of nitrogens with zero attached hydrogens (tertiary/aromatic N) is 1. The molecule has 0 aliphatic rings. The van der Waals surface area contributed by atoms with Gasteiger partial charge in [-0.25, -0.2) is 0 Å². The highest BCUT2D eigenvalue weighted by atomic mass is 35.5. The summed E-state index contributed by atoms with van der Waals surface area (Å²) in [5.74, 6) is -0.360. The van der Waals surface area contributed by atoms with Gasteiger partial charge in [0.25, 0.3) is 0 Å². The lowest BCUT2D eigenvalue weighted by atomic mass is 10.1. The quantitative estimate of drug-likeness (QED) is 0.617. The average molecular weight is 442 g/mol. The summed E-state index contributed by atoms with van der Waals surface area (Å²) in [6.07, 6.45) is 0.625. The second-order valence-corrected chi connectivity index (χ2v) is 7.66. The van der Waals surface area contributed by atoms with Crippen molar-refractivity contribution in [3.8, 4) is 0 Å². The first-order valence-electron chi connectivity index (χ1n) is 9.11. The zero-order valence-corrected chi connectivity index (χ0v) is 18.1. The van der Waals surface area contributed by atoms with Gasteiger partial charge in [0.1, 0.15) is 6.04 Å². The lowest BCUT2D eigenvalue weighted by Gasteiger charge is -2.31. The van der Waals surface area contributed by atoms with Gasteiger partial charge in [-0.05, 0) is 48.7 Å². The SMILES string of the molecule is CCNC(=O)[C@@H](CC)N(Cc1ccc(Cl)cc1Cl)C(=O)Cc1cccc(Cl)c1. The Kier molecular flexibility index (Phi) is 8.61. The van der Waals surface area contributed by atoms with Gasteiger partial charge in [0.05, 0.1) is 6.42 Å². The van der Waals surface area contributed by atoms with E-state index in [0.29, 0.717) is 28.0 Å². The molecule has 2 rings (SSSR count). The van der Waals surface area contributed by atoms with Gasteiger partial charge >= 0.3 is 0 Å². The minimum Gasteiger partial charge on any atom is -0.355 e. The molecule has 0 heterocycles. The van der Waals surface area contributed by atoms with Crippen molar-refractivity contribution in [1.82, 2.24) is 10.2 Å². The molecule has 0 spiro atoms. The second kappa shape index (κ2) is 10.7. The van der Waals surface area contributed by atoms with Crippen LogP contribution < -0.4 is 5.32 Å². The number of nitrogens with one attached hydrogen (secondary N) is 1. The van der Waals surface area contributed by atoms with E-state index in [-0.39, 0.29) is 24.8 Å². The molecule has 7 heteroatoms. The predicted octanol–water partition coefficient (Wildman–Crippen LogP) is 5.13. The highest BCUT2D eigenvalue weighted by Gasteiger charge is 2.28. The van der Waals surface area contributed by atoms with E-state index in [2.05, 4.69) is 5.32 Å². The predicted molar refractivity (Wildman–Crippen MR) is 115 cm³/mol. The molecule has 0 unspecified atom stereocenters. The van der Waals surface area contributed by atoms with Crippen LogP contribution in [0.5, 0.6) is 0 Å². The lowest BCUT2D eigenvalue weighted by molar-refractivity contribution is -0.140. The number of amides is 2. The molecule has 0 fully saturated rings. The molecule has 0 aromatic heterocycles. The van der Waals surface area contributed by atoms with Crippen LogP contribution in [0.4, 0.5) is 0 Å². The minimum absolute atomic E-state index is 0.141. The Bertz CT molecular complexity index is 842.